The monoisotopic (exact) mass is 327 g/mol. The molecule has 0 aromatic heterocycles. The molecule has 0 fully saturated rings. The molecule has 4 heteroatoms. The molecule has 19 heavy (non-hydrogen) atoms. The Kier molecular flexibility index (Phi) is 6.35. The number of benzene rings is 1. The van der Waals surface area contributed by atoms with Crippen molar-refractivity contribution < 1.29 is 9.53 Å². The molecule has 1 unspecified atom stereocenters. The Labute approximate surface area is 123 Å². The lowest BCUT2D eigenvalue weighted by atomic mass is 10.0. The Morgan fingerprint density at radius 3 is 2.47 bits per heavy atom. The van der Waals surface area contributed by atoms with E-state index in [1.165, 1.54) is 5.56 Å². The summed E-state index contributed by atoms with van der Waals surface area (Å²) in [6.07, 6.45) is 1.33. The van der Waals surface area contributed by atoms with E-state index in [0.29, 0.717) is 0 Å². The van der Waals surface area contributed by atoms with E-state index in [1.54, 1.807) is 0 Å². The molecule has 1 aromatic carbocycles. The molecule has 0 saturated heterocycles. The molecule has 3 nitrogen and oxygen atoms in total. The first-order valence-corrected chi connectivity index (χ1v) is 7.62. The van der Waals surface area contributed by atoms with Crippen molar-refractivity contribution in [2.75, 3.05) is 5.33 Å². The molecule has 0 aliphatic rings. The van der Waals surface area contributed by atoms with E-state index >= 15 is 0 Å². The number of amides is 1. The molecule has 1 aromatic rings. The Bertz CT molecular complexity index is 387. The van der Waals surface area contributed by atoms with Gasteiger partial charge in [0.2, 0.25) is 0 Å². The minimum Gasteiger partial charge on any atom is -0.444 e. The van der Waals surface area contributed by atoms with Gasteiger partial charge in [0, 0.05) is 11.4 Å². The Morgan fingerprint density at radius 2 is 1.95 bits per heavy atom. The average Bonchev–Trinajstić information content (AvgIpc) is 2.27. The molecule has 1 amide bonds. The van der Waals surface area contributed by atoms with E-state index in [-0.39, 0.29) is 12.1 Å². The highest BCUT2D eigenvalue weighted by Gasteiger charge is 2.19. The lowest BCUT2D eigenvalue weighted by molar-refractivity contribution is 0.0503. The standard InChI is InChI=1S/C15H22BrNO2/c1-15(2,3)19-14(18)17-13(9-10-16)11-12-7-5-4-6-8-12/h4-8,13H,9-11H2,1-3H3,(H,17,18). The molecule has 106 valence electrons. The third kappa shape index (κ3) is 7.21. The van der Waals surface area contributed by atoms with Crippen LogP contribution in [0.2, 0.25) is 0 Å². The van der Waals surface area contributed by atoms with E-state index in [2.05, 4.69) is 33.4 Å². The van der Waals surface area contributed by atoms with Crippen LogP contribution in [0.3, 0.4) is 0 Å². The number of hydrogen-bond acceptors (Lipinski definition) is 2. The Balaban J connectivity index is 2.55. The topological polar surface area (TPSA) is 38.3 Å². The summed E-state index contributed by atoms with van der Waals surface area (Å²) in [5.74, 6) is 0. The van der Waals surface area contributed by atoms with Crippen molar-refractivity contribution in [2.24, 2.45) is 0 Å². The number of halogens is 1. The molecule has 0 saturated carbocycles. The molecule has 0 radical (unpaired) electrons. The van der Waals surface area contributed by atoms with Gasteiger partial charge in [-0.25, -0.2) is 4.79 Å². The van der Waals surface area contributed by atoms with Crippen molar-refractivity contribution in [3.63, 3.8) is 0 Å². The molecule has 1 atom stereocenters. The van der Waals surface area contributed by atoms with Gasteiger partial charge >= 0.3 is 6.09 Å². The summed E-state index contributed by atoms with van der Waals surface area (Å²) in [6.45, 7) is 5.59. The molecule has 1 rings (SSSR count). The maximum Gasteiger partial charge on any atom is 0.407 e. The minimum absolute atomic E-state index is 0.0802. The normalized spacial score (nSPS) is 12.8. The van der Waals surface area contributed by atoms with Gasteiger partial charge in [-0.15, -0.1) is 0 Å². The number of carbonyl (C=O) groups is 1. The highest BCUT2D eigenvalue weighted by molar-refractivity contribution is 9.09. The zero-order valence-corrected chi connectivity index (χ0v) is 13.4. The second kappa shape index (κ2) is 7.53. The number of rotatable bonds is 5. The largest absolute Gasteiger partial charge is 0.444 e. The first kappa shape index (κ1) is 16.0. The van der Waals surface area contributed by atoms with Crippen LogP contribution in [-0.2, 0) is 11.2 Å². The summed E-state index contributed by atoms with van der Waals surface area (Å²) < 4.78 is 5.29. The average molecular weight is 328 g/mol. The van der Waals surface area contributed by atoms with E-state index < -0.39 is 5.60 Å². The number of hydrogen-bond donors (Lipinski definition) is 1. The maximum atomic E-state index is 11.8. The second-order valence-electron chi connectivity index (χ2n) is 5.51. The first-order valence-electron chi connectivity index (χ1n) is 6.50. The fourth-order valence-corrected chi connectivity index (χ4v) is 2.28. The number of alkyl carbamates (subject to hydrolysis) is 1. The fourth-order valence-electron chi connectivity index (χ4n) is 1.73. The van der Waals surface area contributed by atoms with E-state index in [0.717, 1.165) is 18.2 Å². The van der Waals surface area contributed by atoms with Crippen LogP contribution < -0.4 is 5.32 Å². The highest BCUT2D eigenvalue weighted by Crippen LogP contribution is 2.10. The number of alkyl halides is 1. The summed E-state index contributed by atoms with van der Waals surface area (Å²) in [5.41, 5.74) is 0.750. The third-order valence-electron chi connectivity index (χ3n) is 2.50. The molecule has 0 spiro atoms. The minimum atomic E-state index is -0.463. The van der Waals surface area contributed by atoms with Crippen LogP contribution in [0.1, 0.15) is 32.8 Å². The van der Waals surface area contributed by atoms with Crippen molar-refractivity contribution >= 4 is 22.0 Å². The van der Waals surface area contributed by atoms with E-state index in [1.807, 2.05) is 39.0 Å². The van der Waals surface area contributed by atoms with Gasteiger partial charge in [-0.1, -0.05) is 46.3 Å². The van der Waals surface area contributed by atoms with Crippen LogP contribution in [0.15, 0.2) is 30.3 Å². The molecule has 0 aliphatic carbocycles. The lowest BCUT2D eigenvalue weighted by Crippen LogP contribution is -2.40. The predicted octanol–water partition coefficient (Wildman–Crippen LogP) is 3.91. The van der Waals surface area contributed by atoms with Crippen molar-refractivity contribution in [3.05, 3.63) is 35.9 Å². The van der Waals surface area contributed by atoms with Crippen LogP contribution in [0.4, 0.5) is 4.79 Å². The predicted molar refractivity (Wildman–Crippen MR) is 81.7 cm³/mol. The molecule has 0 aliphatic heterocycles. The third-order valence-corrected chi connectivity index (χ3v) is 2.96. The van der Waals surface area contributed by atoms with Crippen molar-refractivity contribution in [2.45, 2.75) is 45.3 Å². The summed E-state index contributed by atoms with van der Waals surface area (Å²) >= 11 is 3.42. The summed E-state index contributed by atoms with van der Waals surface area (Å²) in [5, 5.41) is 3.78. The van der Waals surface area contributed by atoms with Crippen LogP contribution >= 0.6 is 15.9 Å². The van der Waals surface area contributed by atoms with Gasteiger partial charge in [0.1, 0.15) is 5.60 Å². The second-order valence-corrected chi connectivity index (χ2v) is 6.30. The summed E-state index contributed by atoms with van der Waals surface area (Å²) in [4.78, 5) is 11.8. The van der Waals surface area contributed by atoms with E-state index in [4.69, 9.17) is 4.74 Å². The summed E-state index contributed by atoms with van der Waals surface area (Å²) in [6, 6.07) is 10.2. The van der Waals surface area contributed by atoms with Gasteiger partial charge in [-0.3, -0.25) is 0 Å². The van der Waals surface area contributed by atoms with E-state index in [9.17, 15) is 4.79 Å². The van der Waals surface area contributed by atoms with Crippen molar-refractivity contribution in [1.29, 1.82) is 0 Å². The van der Waals surface area contributed by atoms with Crippen molar-refractivity contribution in [1.82, 2.24) is 5.32 Å². The van der Waals surface area contributed by atoms with Gasteiger partial charge in [-0.05, 0) is 39.2 Å². The van der Waals surface area contributed by atoms with Gasteiger partial charge in [0.25, 0.3) is 0 Å². The molecule has 0 bridgehead atoms. The van der Waals surface area contributed by atoms with Gasteiger partial charge < -0.3 is 10.1 Å². The molecular formula is C15H22BrNO2. The van der Waals surface area contributed by atoms with Crippen LogP contribution in [-0.4, -0.2) is 23.1 Å². The van der Waals surface area contributed by atoms with Crippen LogP contribution in [0.5, 0.6) is 0 Å². The Hall–Kier alpha value is -1.03. The number of carbonyl (C=O) groups excluding carboxylic acids is 1. The number of nitrogens with one attached hydrogen (secondary N) is 1. The first-order chi connectivity index (χ1) is 8.90. The van der Waals surface area contributed by atoms with Crippen LogP contribution in [0, 0.1) is 0 Å². The smallest absolute Gasteiger partial charge is 0.407 e. The van der Waals surface area contributed by atoms with Crippen molar-refractivity contribution in [3.8, 4) is 0 Å². The Morgan fingerprint density at radius 1 is 1.32 bits per heavy atom. The maximum absolute atomic E-state index is 11.8. The van der Waals surface area contributed by atoms with Gasteiger partial charge in [0.15, 0.2) is 0 Å². The highest BCUT2D eigenvalue weighted by atomic mass is 79.9. The fraction of sp³-hybridized carbons (Fsp3) is 0.533. The quantitative estimate of drug-likeness (QED) is 0.833. The van der Waals surface area contributed by atoms with Gasteiger partial charge in [-0.2, -0.15) is 0 Å². The molecule has 0 heterocycles. The van der Waals surface area contributed by atoms with Gasteiger partial charge in [0.05, 0.1) is 0 Å². The molecule has 1 N–H and O–H groups in total. The summed E-state index contributed by atoms with van der Waals surface area (Å²) in [7, 11) is 0. The van der Waals surface area contributed by atoms with Crippen LogP contribution in [0.25, 0.3) is 0 Å². The number of ether oxygens (including phenoxy) is 1. The molecular weight excluding hydrogens is 306 g/mol. The lowest BCUT2D eigenvalue weighted by Gasteiger charge is -2.23. The SMILES string of the molecule is CC(C)(C)OC(=O)NC(CCBr)Cc1ccccc1. The zero-order valence-electron chi connectivity index (χ0n) is 11.8. The zero-order chi connectivity index (χ0) is 14.3.